The predicted octanol–water partition coefficient (Wildman–Crippen LogP) is 4.26. The van der Waals surface area contributed by atoms with Gasteiger partial charge in [0.15, 0.2) is 5.11 Å². The number of rotatable bonds is 6. The second-order valence-corrected chi connectivity index (χ2v) is 6.89. The molecule has 0 fully saturated rings. The largest absolute Gasteiger partial charge is 0.466 e. The minimum atomic E-state index is -0.558. The summed E-state index contributed by atoms with van der Waals surface area (Å²) < 4.78 is 5.08. The van der Waals surface area contributed by atoms with E-state index in [0.717, 1.165) is 17.8 Å². The number of methoxy groups -OCH3 is 1. The lowest BCUT2D eigenvalue weighted by Gasteiger charge is -2.38. The van der Waals surface area contributed by atoms with E-state index in [0.29, 0.717) is 22.7 Å². The average Bonchev–Trinajstić information content (AvgIpc) is 2.74. The van der Waals surface area contributed by atoms with Crippen molar-refractivity contribution >= 4 is 34.7 Å². The Hall–Kier alpha value is -3.26. The maximum Gasteiger partial charge on any atom is 0.337 e. The molecule has 1 aliphatic heterocycles. The number of thiocarbonyl (C=S) groups is 1. The molecular formula is C21H21N3O4S. The molecular weight excluding hydrogens is 390 g/mol. The molecule has 0 aliphatic carbocycles. The van der Waals surface area contributed by atoms with Gasteiger partial charge in [-0.2, -0.15) is 0 Å². The molecule has 1 aliphatic rings. The summed E-state index contributed by atoms with van der Waals surface area (Å²) in [4.78, 5) is 25.2. The fourth-order valence-electron chi connectivity index (χ4n) is 3.39. The highest BCUT2D eigenvalue weighted by atomic mass is 32.1. The summed E-state index contributed by atoms with van der Waals surface area (Å²) in [6.07, 6.45) is 1.42. The van der Waals surface area contributed by atoms with E-state index >= 15 is 0 Å². The quantitative estimate of drug-likeness (QED) is 0.329. The van der Waals surface area contributed by atoms with Crippen molar-refractivity contribution in [3.05, 3.63) is 81.5 Å². The fraction of sp³-hybridized carbons (Fsp3) is 0.238. The summed E-state index contributed by atoms with van der Waals surface area (Å²) >= 11 is 5.64. The summed E-state index contributed by atoms with van der Waals surface area (Å²) in [5, 5.41) is 14.6. The van der Waals surface area contributed by atoms with Crippen molar-refractivity contribution in [1.82, 2.24) is 5.32 Å². The third-order valence-electron chi connectivity index (χ3n) is 4.68. The number of carbonyl (C=O) groups is 1. The van der Waals surface area contributed by atoms with Gasteiger partial charge >= 0.3 is 5.97 Å². The van der Waals surface area contributed by atoms with Crippen LogP contribution in [0.5, 0.6) is 0 Å². The number of non-ortho nitro benzene ring substituents is 1. The standard InChI is InChI=1S/C21H21N3O4S/c1-3-7-17-18(20(25)28-2)19(14-10-12-16(13-11-14)24(26)27)22-21(29)23(17)15-8-5-4-6-9-15/h4-6,8-13,19H,3,7H2,1-2H3,(H,22,29)/t19-/m0/s1. The molecule has 2 aromatic carbocycles. The van der Waals surface area contributed by atoms with Crippen molar-refractivity contribution in [2.45, 2.75) is 25.8 Å². The number of carbonyl (C=O) groups excluding carboxylic acids is 1. The number of hydrogen-bond acceptors (Lipinski definition) is 5. The van der Waals surface area contributed by atoms with Crippen molar-refractivity contribution in [1.29, 1.82) is 0 Å². The van der Waals surface area contributed by atoms with Gasteiger partial charge in [0, 0.05) is 23.5 Å². The van der Waals surface area contributed by atoms with Crippen LogP contribution < -0.4 is 10.2 Å². The van der Waals surface area contributed by atoms with Crippen LogP contribution in [0, 0.1) is 10.1 Å². The first kappa shape index (κ1) is 20.5. The van der Waals surface area contributed by atoms with Crippen molar-refractivity contribution in [2.75, 3.05) is 12.0 Å². The number of nitro benzene ring substituents is 1. The maximum absolute atomic E-state index is 12.8. The average molecular weight is 411 g/mol. The van der Waals surface area contributed by atoms with Crippen LogP contribution >= 0.6 is 12.2 Å². The molecule has 0 radical (unpaired) electrons. The first-order valence-electron chi connectivity index (χ1n) is 9.19. The Morgan fingerprint density at radius 1 is 1.21 bits per heavy atom. The predicted molar refractivity (Wildman–Crippen MR) is 114 cm³/mol. The zero-order valence-electron chi connectivity index (χ0n) is 16.1. The van der Waals surface area contributed by atoms with Gasteiger partial charge in [-0.15, -0.1) is 0 Å². The number of hydrogen-bond donors (Lipinski definition) is 1. The molecule has 150 valence electrons. The number of para-hydroxylation sites is 1. The number of nitro groups is 1. The summed E-state index contributed by atoms with van der Waals surface area (Å²) in [7, 11) is 1.34. The SMILES string of the molecule is CCCC1=C(C(=O)OC)[C@H](c2ccc([N+](=O)[O-])cc2)NC(=S)N1c1ccccc1. The van der Waals surface area contributed by atoms with E-state index < -0.39 is 16.9 Å². The van der Waals surface area contributed by atoms with E-state index in [1.165, 1.54) is 19.2 Å². The Morgan fingerprint density at radius 2 is 1.86 bits per heavy atom. The number of esters is 1. The molecule has 1 N–H and O–H groups in total. The summed E-state index contributed by atoms with van der Waals surface area (Å²) in [6, 6.07) is 15.1. The van der Waals surface area contributed by atoms with Gasteiger partial charge in [0.1, 0.15) is 0 Å². The van der Waals surface area contributed by atoms with Crippen LogP contribution in [0.3, 0.4) is 0 Å². The van der Waals surface area contributed by atoms with Crippen molar-refractivity contribution in [3.63, 3.8) is 0 Å². The van der Waals surface area contributed by atoms with Crippen LogP contribution in [0.1, 0.15) is 31.4 Å². The second kappa shape index (κ2) is 8.83. The van der Waals surface area contributed by atoms with Gasteiger partial charge in [0.25, 0.3) is 5.69 Å². The fourth-order valence-corrected chi connectivity index (χ4v) is 3.72. The lowest BCUT2D eigenvalue weighted by Crippen LogP contribution is -2.48. The van der Waals surface area contributed by atoms with E-state index in [2.05, 4.69) is 5.32 Å². The summed E-state index contributed by atoms with van der Waals surface area (Å²) in [6.45, 7) is 2.02. The van der Waals surface area contributed by atoms with Crippen LogP contribution in [-0.4, -0.2) is 23.1 Å². The molecule has 3 rings (SSSR count). The second-order valence-electron chi connectivity index (χ2n) is 6.50. The Kier molecular flexibility index (Phi) is 6.23. The summed E-state index contributed by atoms with van der Waals surface area (Å²) in [5.74, 6) is -0.465. The lowest BCUT2D eigenvalue weighted by atomic mass is 9.92. The number of allylic oxidation sites excluding steroid dienone is 1. The van der Waals surface area contributed by atoms with E-state index in [9.17, 15) is 14.9 Å². The number of nitrogens with zero attached hydrogens (tertiary/aromatic N) is 2. The molecule has 8 heteroatoms. The van der Waals surface area contributed by atoms with Crippen molar-refractivity contribution < 1.29 is 14.5 Å². The van der Waals surface area contributed by atoms with E-state index in [4.69, 9.17) is 17.0 Å². The van der Waals surface area contributed by atoms with E-state index in [1.54, 1.807) is 12.1 Å². The van der Waals surface area contributed by atoms with Gasteiger partial charge in [-0.3, -0.25) is 15.0 Å². The number of benzene rings is 2. The monoisotopic (exact) mass is 411 g/mol. The van der Waals surface area contributed by atoms with E-state index in [1.807, 2.05) is 42.2 Å². The summed E-state index contributed by atoms with van der Waals surface area (Å²) in [5.41, 5.74) is 2.73. The van der Waals surface area contributed by atoms with Gasteiger partial charge in [0.2, 0.25) is 0 Å². The Labute approximate surface area is 174 Å². The smallest absolute Gasteiger partial charge is 0.337 e. The first-order valence-corrected chi connectivity index (χ1v) is 9.60. The normalized spacial score (nSPS) is 16.4. The highest BCUT2D eigenvalue weighted by molar-refractivity contribution is 7.80. The third-order valence-corrected chi connectivity index (χ3v) is 4.98. The van der Waals surface area contributed by atoms with Gasteiger partial charge in [-0.05, 0) is 48.5 Å². The highest BCUT2D eigenvalue weighted by Gasteiger charge is 2.36. The molecule has 0 saturated heterocycles. The molecule has 2 aromatic rings. The minimum Gasteiger partial charge on any atom is -0.466 e. The Balaban J connectivity index is 2.16. The Bertz CT molecular complexity index is 958. The van der Waals surface area contributed by atoms with Gasteiger partial charge in [-0.1, -0.05) is 31.5 Å². The number of anilines is 1. The molecule has 0 spiro atoms. The van der Waals surface area contributed by atoms with Gasteiger partial charge in [-0.25, -0.2) is 4.79 Å². The first-order chi connectivity index (χ1) is 14.0. The van der Waals surface area contributed by atoms with Crippen LogP contribution in [-0.2, 0) is 9.53 Å². The van der Waals surface area contributed by atoms with Crippen molar-refractivity contribution in [3.8, 4) is 0 Å². The molecule has 0 amide bonds. The molecule has 1 heterocycles. The van der Waals surface area contributed by atoms with Crippen LogP contribution in [0.25, 0.3) is 0 Å². The lowest BCUT2D eigenvalue weighted by molar-refractivity contribution is -0.384. The molecule has 0 aromatic heterocycles. The van der Waals surface area contributed by atoms with Crippen LogP contribution in [0.15, 0.2) is 65.9 Å². The van der Waals surface area contributed by atoms with Gasteiger partial charge in [0.05, 0.1) is 23.6 Å². The molecule has 7 nitrogen and oxygen atoms in total. The van der Waals surface area contributed by atoms with Crippen molar-refractivity contribution in [2.24, 2.45) is 0 Å². The number of ether oxygens (including phenoxy) is 1. The highest BCUT2D eigenvalue weighted by Crippen LogP contribution is 2.36. The van der Waals surface area contributed by atoms with E-state index in [-0.39, 0.29) is 5.69 Å². The molecule has 1 atom stereocenters. The topological polar surface area (TPSA) is 84.7 Å². The molecule has 29 heavy (non-hydrogen) atoms. The van der Waals surface area contributed by atoms with Crippen LogP contribution in [0.2, 0.25) is 0 Å². The zero-order chi connectivity index (χ0) is 21.0. The molecule has 0 unspecified atom stereocenters. The van der Waals surface area contributed by atoms with Crippen LogP contribution in [0.4, 0.5) is 11.4 Å². The minimum absolute atomic E-state index is 0.0181. The molecule has 0 saturated carbocycles. The molecule has 0 bridgehead atoms. The zero-order valence-corrected chi connectivity index (χ0v) is 16.9. The maximum atomic E-state index is 12.8. The third kappa shape index (κ3) is 4.12. The number of nitrogens with one attached hydrogen (secondary N) is 1. The Morgan fingerprint density at radius 3 is 2.41 bits per heavy atom. The van der Waals surface area contributed by atoms with Gasteiger partial charge < -0.3 is 10.1 Å².